The summed E-state index contributed by atoms with van der Waals surface area (Å²) in [6, 6.07) is 3.75. The van der Waals surface area contributed by atoms with Gasteiger partial charge < -0.3 is 15.2 Å². The average Bonchev–Trinajstić information content (AvgIpc) is 2.74. The third kappa shape index (κ3) is 2.11. The van der Waals surface area contributed by atoms with Crippen LogP contribution in [0, 0.1) is 0 Å². The molecule has 1 aliphatic rings. The molecule has 1 aliphatic heterocycles. The molecule has 1 aromatic carbocycles. The van der Waals surface area contributed by atoms with Crippen molar-refractivity contribution in [2.75, 3.05) is 20.2 Å². The summed E-state index contributed by atoms with van der Waals surface area (Å²) < 4.78 is 6.07. The summed E-state index contributed by atoms with van der Waals surface area (Å²) in [5, 5.41) is 13.3. The zero-order valence-electron chi connectivity index (χ0n) is 8.59. The van der Waals surface area contributed by atoms with Gasteiger partial charge >= 0.3 is 0 Å². The van der Waals surface area contributed by atoms with Gasteiger partial charge in [-0.1, -0.05) is 15.9 Å². The van der Waals surface area contributed by atoms with Gasteiger partial charge in [-0.25, -0.2) is 0 Å². The Hall–Kier alpha value is -0.740. The van der Waals surface area contributed by atoms with E-state index >= 15 is 0 Å². The van der Waals surface area contributed by atoms with E-state index in [0.717, 1.165) is 29.5 Å². The largest absolute Gasteiger partial charge is 0.504 e. The monoisotopic (exact) mass is 271 g/mol. The molecule has 0 radical (unpaired) electrons. The number of benzene rings is 1. The molecule has 82 valence electrons. The van der Waals surface area contributed by atoms with Crippen molar-refractivity contribution >= 4 is 15.9 Å². The Kier molecular flexibility index (Phi) is 3.17. The number of hydrogen-bond donors (Lipinski definition) is 2. The van der Waals surface area contributed by atoms with Gasteiger partial charge in [0, 0.05) is 22.5 Å². The molecule has 1 fully saturated rings. The standard InChI is InChI=1S/C11H14BrNO2/c1-15-10-5-8(12)4-9(11(10)14)7-2-3-13-6-7/h4-5,7,13-14H,2-3,6H2,1H3. The third-order valence-electron chi connectivity index (χ3n) is 2.79. The Labute approximate surface area is 97.6 Å². The number of halogens is 1. The van der Waals surface area contributed by atoms with E-state index in [2.05, 4.69) is 21.2 Å². The smallest absolute Gasteiger partial charge is 0.161 e. The van der Waals surface area contributed by atoms with Crippen LogP contribution in [-0.2, 0) is 0 Å². The van der Waals surface area contributed by atoms with Crippen molar-refractivity contribution < 1.29 is 9.84 Å². The first-order chi connectivity index (χ1) is 7.22. The molecule has 4 heteroatoms. The number of nitrogens with one attached hydrogen (secondary N) is 1. The fourth-order valence-electron chi connectivity index (χ4n) is 1.98. The van der Waals surface area contributed by atoms with E-state index in [-0.39, 0.29) is 5.75 Å². The molecular weight excluding hydrogens is 258 g/mol. The Balaban J connectivity index is 2.40. The lowest BCUT2D eigenvalue weighted by Gasteiger charge is -2.14. The van der Waals surface area contributed by atoms with Crippen molar-refractivity contribution in [3.05, 3.63) is 22.2 Å². The lowest BCUT2D eigenvalue weighted by molar-refractivity contribution is 0.368. The molecule has 0 amide bonds. The second-order valence-electron chi connectivity index (χ2n) is 3.74. The minimum absolute atomic E-state index is 0.273. The SMILES string of the molecule is COc1cc(Br)cc(C2CCNC2)c1O. The van der Waals surface area contributed by atoms with Crippen molar-refractivity contribution in [1.29, 1.82) is 0 Å². The predicted octanol–water partition coefficient (Wildman–Crippen LogP) is 2.24. The molecule has 0 saturated carbocycles. The molecule has 15 heavy (non-hydrogen) atoms. The van der Waals surface area contributed by atoms with Crippen LogP contribution in [0.15, 0.2) is 16.6 Å². The fraction of sp³-hybridized carbons (Fsp3) is 0.455. The molecule has 3 nitrogen and oxygen atoms in total. The molecule has 0 aromatic heterocycles. The number of aromatic hydroxyl groups is 1. The molecule has 0 spiro atoms. The third-order valence-corrected chi connectivity index (χ3v) is 3.25. The highest BCUT2D eigenvalue weighted by Crippen LogP contribution is 2.39. The Bertz CT molecular complexity index is 362. The van der Waals surface area contributed by atoms with E-state index in [1.807, 2.05) is 6.07 Å². The van der Waals surface area contributed by atoms with E-state index in [0.29, 0.717) is 11.7 Å². The number of phenols is 1. The second kappa shape index (κ2) is 4.41. The highest BCUT2D eigenvalue weighted by molar-refractivity contribution is 9.10. The van der Waals surface area contributed by atoms with Crippen LogP contribution >= 0.6 is 15.9 Å². The zero-order chi connectivity index (χ0) is 10.8. The molecule has 1 atom stereocenters. The minimum atomic E-state index is 0.273. The van der Waals surface area contributed by atoms with Crippen molar-refractivity contribution in [2.45, 2.75) is 12.3 Å². The lowest BCUT2D eigenvalue weighted by atomic mass is 9.97. The van der Waals surface area contributed by atoms with Crippen LogP contribution in [-0.4, -0.2) is 25.3 Å². The van der Waals surface area contributed by atoms with Crippen molar-refractivity contribution in [3.63, 3.8) is 0 Å². The van der Waals surface area contributed by atoms with Crippen molar-refractivity contribution in [1.82, 2.24) is 5.32 Å². The highest BCUT2D eigenvalue weighted by Gasteiger charge is 2.22. The first-order valence-electron chi connectivity index (χ1n) is 4.99. The summed E-state index contributed by atoms with van der Waals surface area (Å²) >= 11 is 3.42. The fourth-order valence-corrected chi connectivity index (χ4v) is 2.44. The van der Waals surface area contributed by atoms with E-state index in [1.165, 1.54) is 0 Å². The minimum Gasteiger partial charge on any atom is -0.504 e. The van der Waals surface area contributed by atoms with Crippen LogP contribution < -0.4 is 10.1 Å². The van der Waals surface area contributed by atoms with Gasteiger partial charge in [-0.3, -0.25) is 0 Å². The van der Waals surface area contributed by atoms with Gasteiger partial charge in [-0.2, -0.15) is 0 Å². The molecule has 1 unspecified atom stereocenters. The van der Waals surface area contributed by atoms with E-state index < -0.39 is 0 Å². The van der Waals surface area contributed by atoms with E-state index in [4.69, 9.17) is 4.74 Å². The number of methoxy groups -OCH3 is 1. The van der Waals surface area contributed by atoms with Gasteiger partial charge in [0.2, 0.25) is 0 Å². The second-order valence-corrected chi connectivity index (χ2v) is 4.65. The summed E-state index contributed by atoms with van der Waals surface area (Å²) in [6.07, 6.45) is 1.06. The summed E-state index contributed by atoms with van der Waals surface area (Å²) in [5.41, 5.74) is 0.964. The maximum Gasteiger partial charge on any atom is 0.161 e. The topological polar surface area (TPSA) is 41.5 Å². The average molecular weight is 272 g/mol. The highest BCUT2D eigenvalue weighted by atomic mass is 79.9. The van der Waals surface area contributed by atoms with Gasteiger partial charge in [-0.05, 0) is 25.1 Å². The van der Waals surface area contributed by atoms with Crippen LogP contribution in [0.3, 0.4) is 0 Å². The molecular formula is C11H14BrNO2. The van der Waals surface area contributed by atoms with Crippen molar-refractivity contribution in [3.8, 4) is 11.5 Å². The van der Waals surface area contributed by atoms with E-state index in [9.17, 15) is 5.11 Å². The summed E-state index contributed by atoms with van der Waals surface area (Å²) in [7, 11) is 1.57. The van der Waals surface area contributed by atoms with Gasteiger partial charge in [0.15, 0.2) is 11.5 Å². The number of hydrogen-bond acceptors (Lipinski definition) is 3. The summed E-state index contributed by atoms with van der Waals surface area (Å²) in [6.45, 7) is 1.94. The Morgan fingerprint density at radius 2 is 2.33 bits per heavy atom. The quantitative estimate of drug-likeness (QED) is 0.867. The van der Waals surface area contributed by atoms with Crippen LogP contribution in [0.2, 0.25) is 0 Å². The van der Waals surface area contributed by atoms with Crippen LogP contribution in [0.1, 0.15) is 17.9 Å². The molecule has 1 aromatic rings. The number of ether oxygens (including phenoxy) is 1. The molecule has 0 aliphatic carbocycles. The lowest BCUT2D eigenvalue weighted by Crippen LogP contribution is -2.08. The molecule has 1 saturated heterocycles. The molecule has 2 N–H and O–H groups in total. The Morgan fingerprint density at radius 1 is 1.53 bits per heavy atom. The normalized spacial score (nSPS) is 20.5. The Morgan fingerprint density at radius 3 is 2.93 bits per heavy atom. The number of phenolic OH excluding ortho intramolecular Hbond substituents is 1. The van der Waals surface area contributed by atoms with Gasteiger partial charge in [0.25, 0.3) is 0 Å². The van der Waals surface area contributed by atoms with Gasteiger partial charge in [0.05, 0.1) is 7.11 Å². The number of rotatable bonds is 2. The summed E-state index contributed by atoms with van der Waals surface area (Å²) in [5.74, 6) is 1.19. The van der Waals surface area contributed by atoms with E-state index in [1.54, 1.807) is 13.2 Å². The zero-order valence-corrected chi connectivity index (χ0v) is 10.2. The molecule has 1 heterocycles. The van der Waals surface area contributed by atoms with Crippen LogP contribution in [0.5, 0.6) is 11.5 Å². The predicted molar refractivity (Wildman–Crippen MR) is 62.6 cm³/mol. The first kappa shape index (κ1) is 10.8. The van der Waals surface area contributed by atoms with Gasteiger partial charge in [-0.15, -0.1) is 0 Å². The van der Waals surface area contributed by atoms with Gasteiger partial charge in [0.1, 0.15) is 0 Å². The molecule has 2 rings (SSSR count). The van der Waals surface area contributed by atoms with Crippen molar-refractivity contribution in [2.24, 2.45) is 0 Å². The molecule has 0 bridgehead atoms. The maximum atomic E-state index is 10.0. The van der Waals surface area contributed by atoms with Crippen LogP contribution in [0.25, 0.3) is 0 Å². The summed E-state index contributed by atoms with van der Waals surface area (Å²) in [4.78, 5) is 0. The maximum absolute atomic E-state index is 10.0. The first-order valence-corrected chi connectivity index (χ1v) is 5.78. The van der Waals surface area contributed by atoms with Crippen LogP contribution in [0.4, 0.5) is 0 Å².